The Labute approximate surface area is 202 Å². The van der Waals surface area contributed by atoms with Crippen molar-refractivity contribution < 1.29 is 28.5 Å². The van der Waals surface area contributed by atoms with Gasteiger partial charge < -0.3 is 18.9 Å². The SMILES string of the molecule is COC(=O)c1c(-c2ccc(OCc3cccc(OC)c3)cc2)nn(-c2ccccc2)c1C(=O)OC. The van der Waals surface area contributed by atoms with Crippen molar-refractivity contribution in [3.63, 3.8) is 0 Å². The number of methoxy groups -OCH3 is 3. The summed E-state index contributed by atoms with van der Waals surface area (Å²) in [5, 5.41) is 4.59. The largest absolute Gasteiger partial charge is 0.497 e. The summed E-state index contributed by atoms with van der Waals surface area (Å²) in [7, 11) is 4.12. The summed E-state index contributed by atoms with van der Waals surface area (Å²) in [6, 6.07) is 23.7. The molecule has 0 radical (unpaired) electrons. The van der Waals surface area contributed by atoms with Crippen molar-refractivity contribution in [3.8, 4) is 28.4 Å². The van der Waals surface area contributed by atoms with Gasteiger partial charge >= 0.3 is 11.9 Å². The van der Waals surface area contributed by atoms with Crippen LogP contribution in [0.5, 0.6) is 11.5 Å². The molecule has 0 bridgehead atoms. The molecule has 8 nitrogen and oxygen atoms in total. The van der Waals surface area contributed by atoms with Gasteiger partial charge in [-0.2, -0.15) is 5.10 Å². The Bertz CT molecular complexity index is 1330. The second-order valence-corrected chi connectivity index (χ2v) is 7.47. The third-order valence-electron chi connectivity index (χ3n) is 5.32. The maximum Gasteiger partial charge on any atom is 0.357 e. The van der Waals surface area contributed by atoms with E-state index in [1.54, 1.807) is 43.5 Å². The number of benzene rings is 3. The maximum atomic E-state index is 12.8. The number of hydrogen-bond donors (Lipinski definition) is 0. The summed E-state index contributed by atoms with van der Waals surface area (Å²) in [6.07, 6.45) is 0. The number of ether oxygens (including phenoxy) is 4. The molecule has 0 atom stereocenters. The van der Waals surface area contributed by atoms with E-state index in [1.807, 2.05) is 42.5 Å². The first-order chi connectivity index (χ1) is 17.0. The van der Waals surface area contributed by atoms with Crippen molar-refractivity contribution >= 4 is 11.9 Å². The smallest absolute Gasteiger partial charge is 0.357 e. The summed E-state index contributed by atoms with van der Waals surface area (Å²) >= 11 is 0. The minimum atomic E-state index is -0.703. The molecular formula is C27H24N2O6. The van der Waals surface area contributed by atoms with Crippen LogP contribution >= 0.6 is 0 Å². The number of para-hydroxylation sites is 1. The zero-order valence-corrected chi connectivity index (χ0v) is 19.6. The molecule has 8 heteroatoms. The molecule has 3 aromatic carbocycles. The molecular weight excluding hydrogens is 448 g/mol. The molecule has 0 spiro atoms. The van der Waals surface area contributed by atoms with Crippen LogP contribution in [0.25, 0.3) is 16.9 Å². The van der Waals surface area contributed by atoms with E-state index in [0.717, 1.165) is 11.3 Å². The minimum absolute atomic E-state index is 0.0149. The highest BCUT2D eigenvalue weighted by Crippen LogP contribution is 2.30. The predicted octanol–water partition coefficient (Wildman–Crippen LogP) is 4.70. The van der Waals surface area contributed by atoms with Gasteiger partial charge in [-0.15, -0.1) is 0 Å². The summed E-state index contributed by atoms with van der Waals surface area (Å²) in [4.78, 5) is 25.4. The van der Waals surface area contributed by atoms with E-state index in [4.69, 9.17) is 18.9 Å². The Hall–Kier alpha value is -4.59. The van der Waals surface area contributed by atoms with Gasteiger partial charge in [0.2, 0.25) is 0 Å². The molecule has 0 amide bonds. The van der Waals surface area contributed by atoms with Gasteiger partial charge in [-0.05, 0) is 54.1 Å². The van der Waals surface area contributed by atoms with Gasteiger partial charge in [0.25, 0.3) is 0 Å². The standard InChI is InChI=1S/C27H24N2O6/c1-32-22-11-7-8-18(16-22)17-35-21-14-12-19(13-15-21)24-23(26(30)33-2)25(27(31)34-3)29(28-24)20-9-5-4-6-10-20/h4-16H,17H2,1-3H3. The number of hydrogen-bond acceptors (Lipinski definition) is 7. The summed E-state index contributed by atoms with van der Waals surface area (Å²) < 4.78 is 22.5. The second kappa shape index (κ2) is 10.6. The highest BCUT2D eigenvalue weighted by molar-refractivity contribution is 6.06. The van der Waals surface area contributed by atoms with Crippen LogP contribution in [-0.4, -0.2) is 43.0 Å². The highest BCUT2D eigenvalue weighted by Gasteiger charge is 2.31. The molecule has 0 saturated heterocycles. The molecule has 1 heterocycles. The molecule has 0 saturated carbocycles. The summed E-state index contributed by atoms with van der Waals surface area (Å²) in [5.74, 6) is -0.00810. The molecule has 178 valence electrons. The average molecular weight is 472 g/mol. The number of carbonyl (C=O) groups is 2. The number of carbonyl (C=O) groups excluding carboxylic acids is 2. The molecule has 0 N–H and O–H groups in total. The first kappa shape index (κ1) is 23.6. The van der Waals surface area contributed by atoms with Gasteiger partial charge in [-0.25, -0.2) is 14.3 Å². The van der Waals surface area contributed by atoms with Crippen LogP contribution in [0, 0.1) is 0 Å². The van der Waals surface area contributed by atoms with E-state index < -0.39 is 11.9 Å². The second-order valence-electron chi connectivity index (χ2n) is 7.47. The molecule has 0 fully saturated rings. The van der Waals surface area contributed by atoms with Crippen molar-refractivity contribution in [3.05, 3.63) is 95.7 Å². The first-order valence-electron chi connectivity index (χ1n) is 10.8. The van der Waals surface area contributed by atoms with E-state index in [-0.39, 0.29) is 11.3 Å². The minimum Gasteiger partial charge on any atom is -0.497 e. The monoisotopic (exact) mass is 472 g/mol. The maximum absolute atomic E-state index is 12.8. The fourth-order valence-corrected chi connectivity index (χ4v) is 3.59. The van der Waals surface area contributed by atoms with Crippen LogP contribution in [-0.2, 0) is 16.1 Å². The first-order valence-corrected chi connectivity index (χ1v) is 10.8. The topological polar surface area (TPSA) is 88.9 Å². The molecule has 4 rings (SSSR count). The van der Waals surface area contributed by atoms with Crippen molar-refractivity contribution in [1.82, 2.24) is 9.78 Å². The van der Waals surface area contributed by atoms with Crippen LogP contribution < -0.4 is 9.47 Å². The van der Waals surface area contributed by atoms with Gasteiger partial charge in [0.1, 0.15) is 29.4 Å². The number of nitrogens with zero attached hydrogens (tertiary/aromatic N) is 2. The van der Waals surface area contributed by atoms with Gasteiger partial charge in [-0.3, -0.25) is 0 Å². The van der Waals surface area contributed by atoms with E-state index in [9.17, 15) is 9.59 Å². The fourth-order valence-electron chi connectivity index (χ4n) is 3.59. The zero-order valence-electron chi connectivity index (χ0n) is 19.6. The van der Waals surface area contributed by atoms with E-state index >= 15 is 0 Å². The molecule has 35 heavy (non-hydrogen) atoms. The van der Waals surface area contributed by atoms with Crippen molar-refractivity contribution in [2.75, 3.05) is 21.3 Å². The lowest BCUT2D eigenvalue weighted by atomic mass is 10.1. The van der Waals surface area contributed by atoms with E-state index in [0.29, 0.717) is 29.3 Å². The summed E-state index contributed by atoms with van der Waals surface area (Å²) in [6.45, 7) is 0.360. The Morgan fingerprint density at radius 2 is 1.51 bits per heavy atom. The molecule has 1 aromatic heterocycles. The Kier molecular flexibility index (Phi) is 7.11. The Morgan fingerprint density at radius 1 is 0.800 bits per heavy atom. The van der Waals surface area contributed by atoms with Crippen molar-refractivity contribution in [1.29, 1.82) is 0 Å². The van der Waals surface area contributed by atoms with Gasteiger partial charge in [0.05, 0.1) is 27.0 Å². The van der Waals surface area contributed by atoms with Gasteiger partial charge in [0, 0.05) is 5.56 Å². The lowest BCUT2D eigenvalue weighted by Crippen LogP contribution is -2.15. The van der Waals surface area contributed by atoms with Crippen LogP contribution in [0.3, 0.4) is 0 Å². The van der Waals surface area contributed by atoms with Crippen molar-refractivity contribution in [2.24, 2.45) is 0 Å². The average Bonchev–Trinajstić information content (AvgIpc) is 3.32. The molecule has 4 aromatic rings. The quantitative estimate of drug-likeness (QED) is 0.344. The van der Waals surface area contributed by atoms with Crippen LogP contribution in [0.2, 0.25) is 0 Å². The highest BCUT2D eigenvalue weighted by atomic mass is 16.5. The lowest BCUT2D eigenvalue weighted by Gasteiger charge is -2.08. The molecule has 0 unspecified atom stereocenters. The molecule has 0 aliphatic carbocycles. The van der Waals surface area contributed by atoms with E-state index in [1.165, 1.54) is 18.9 Å². The number of esters is 2. The normalized spacial score (nSPS) is 10.5. The van der Waals surface area contributed by atoms with E-state index in [2.05, 4.69) is 5.10 Å². The fraction of sp³-hybridized carbons (Fsp3) is 0.148. The van der Waals surface area contributed by atoms with Gasteiger partial charge in [0.15, 0.2) is 5.69 Å². The third kappa shape index (κ3) is 5.01. The Balaban J connectivity index is 1.70. The van der Waals surface area contributed by atoms with Gasteiger partial charge in [-0.1, -0.05) is 30.3 Å². The molecule has 0 aliphatic rings. The van der Waals surface area contributed by atoms with Crippen LogP contribution in [0.1, 0.15) is 26.4 Å². The van der Waals surface area contributed by atoms with Crippen LogP contribution in [0.4, 0.5) is 0 Å². The Morgan fingerprint density at radius 3 is 2.17 bits per heavy atom. The lowest BCUT2D eigenvalue weighted by molar-refractivity contribution is 0.0549. The predicted molar refractivity (Wildman–Crippen MR) is 129 cm³/mol. The summed E-state index contributed by atoms with van der Waals surface area (Å²) in [5.41, 5.74) is 2.47. The number of rotatable bonds is 8. The number of aromatic nitrogens is 2. The molecule has 0 aliphatic heterocycles. The zero-order chi connectivity index (χ0) is 24.8. The van der Waals surface area contributed by atoms with Crippen molar-refractivity contribution in [2.45, 2.75) is 6.61 Å². The third-order valence-corrected chi connectivity index (χ3v) is 5.32. The van der Waals surface area contributed by atoms with Crippen LogP contribution in [0.15, 0.2) is 78.9 Å².